The first kappa shape index (κ1) is 10.4. The zero-order valence-corrected chi connectivity index (χ0v) is 8.64. The summed E-state index contributed by atoms with van der Waals surface area (Å²) in [5.74, 6) is 0.291. The van der Waals surface area contributed by atoms with E-state index in [1.807, 2.05) is 24.4 Å². The summed E-state index contributed by atoms with van der Waals surface area (Å²) >= 11 is 1.63. The molecule has 1 heterocycles. The Labute approximate surface area is 82.8 Å². The maximum absolute atomic E-state index is 11.4. The van der Waals surface area contributed by atoms with E-state index in [1.165, 1.54) is 0 Å². The monoisotopic (exact) mass is 197 g/mol. The van der Waals surface area contributed by atoms with Gasteiger partial charge in [-0.05, 0) is 24.8 Å². The Balaban J connectivity index is 2.26. The molecule has 3 heteroatoms. The van der Waals surface area contributed by atoms with E-state index in [-0.39, 0.29) is 6.04 Å². The summed E-state index contributed by atoms with van der Waals surface area (Å²) in [6, 6.07) is 4.10. The van der Waals surface area contributed by atoms with Crippen molar-refractivity contribution in [3.63, 3.8) is 0 Å². The molecule has 0 aliphatic heterocycles. The molecule has 0 fully saturated rings. The fraction of sp³-hybridized carbons (Fsp3) is 0.500. The Hall–Kier alpha value is -0.670. The summed E-state index contributed by atoms with van der Waals surface area (Å²) < 4.78 is 0. The summed E-state index contributed by atoms with van der Waals surface area (Å²) in [6.07, 6.45) is 1.98. The lowest BCUT2D eigenvalue weighted by Gasteiger charge is -2.02. The topological polar surface area (TPSA) is 43.1 Å². The molecule has 0 saturated heterocycles. The molecule has 0 aliphatic rings. The van der Waals surface area contributed by atoms with Crippen molar-refractivity contribution in [3.8, 4) is 0 Å². The average molecular weight is 197 g/mol. The number of rotatable bonds is 5. The quantitative estimate of drug-likeness (QED) is 0.784. The molecular formula is C10H15NOS. The largest absolute Gasteiger partial charge is 0.328 e. The Kier molecular flexibility index (Phi) is 4.12. The van der Waals surface area contributed by atoms with Crippen molar-refractivity contribution in [1.29, 1.82) is 0 Å². The van der Waals surface area contributed by atoms with Gasteiger partial charge in [0.2, 0.25) is 0 Å². The van der Waals surface area contributed by atoms with Gasteiger partial charge in [0, 0.05) is 23.8 Å². The lowest BCUT2D eigenvalue weighted by atomic mass is 10.1. The van der Waals surface area contributed by atoms with Crippen molar-refractivity contribution in [2.24, 2.45) is 5.73 Å². The van der Waals surface area contributed by atoms with Gasteiger partial charge in [-0.1, -0.05) is 6.07 Å². The smallest absolute Gasteiger partial charge is 0.138 e. The van der Waals surface area contributed by atoms with Crippen LogP contribution in [0.4, 0.5) is 0 Å². The Morgan fingerprint density at radius 2 is 2.46 bits per heavy atom. The van der Waals surface area contributed by atoms with Gasteiger partial charge in [-0.2, -0.15) is 0 Å². The van der Waals surface area contributed by atoms with E-state index >= 15 is 0 Å². The van der Waals surface area contributed by atoms with Gasteiger partial charge in [-0.3, -0.25) is 4.79 Å². The minimum absolute atomic E-state index is 0.132. The van der Waals surface area contributed by atoms with Gasteiger partial charge in [0.25, 0.3) is 0 Å². The van der Waals surface area contributed by atoms with Crippen molar-refractivity contribution >= 4 is 17.1 Å². The van der Waals surface area contributed by atoms with Crippen LogP contribution in [0.15, 0.2) is 17.5 Å². The first-order chi connectivity index (χ1) is 6.18. The Bertz CT molecular complexity index is 254. The van der Waals surface area contributed by atoms with Crippen LogP contribution in [0.5, 0.6) is 0 Å². The Morgan fingerprint density at radius 1 is 1.69 bits per heavy atom. The highest BCUT2D eigenvalue weighted by Crippen LogP contribution is 2.11. The van der Waals surface area contributed by atoms with Crippen molar-refractivity contribution in [1.82, 2.24) is 0 Å². The van der Waals surface area contributed by atoms with Crippen LogP contribution in [0.1, 0.15) is 24.6 Å². The summed E-state index contributed by atoms with van der Waals surface area (Å²) in [6.45, 7) is 1.93. The normalized spacial score (nSPS) is 12.8. The summed E-state index contributed by atoms with van der Waals surface area (Å²) in [5.41, 5.74) is 5.56. The maximum atomic E-state index is 11.4. The number of nitrogens with two attached hydrogens (primary N) is 1. The van der Waals surface area contributed by atoms with Crippen LogP contribution in [0.2, 0.25) is 0 Å². The standard InChI is InChI=1S/C10H15NOS/c1-8(11)4-5-9(12)7-10-3-2-6-13-10/h2-3,6,8H,4-5,7,11H2,1H3. The highest BCUT2D eigenvalue weighted by molar-refractivity contribution is 7.10. The Morgan fingerprint density at radius 3 is 3.00 bits per heavy atom. The van der Waals surface area contributed by atoms with E-state index in [1.54, 1.807) is 11.3 Å². The molecule has 0 bridgehead atoms. The minimum Gasteiger partial charge on any atom is -0.328 e. The average Bonchev–Trinajstić information content (AvgIpc) is 2.53. The van der Waals surface area contributed by atoms with Gasteiger partial charge in [0.15, 0.2) is 0 Å². The molecule has 0 spiro atoms. The summed E-state index contributed by atoms with van der Waals surface area (Å²) in [7, 11) is 0. The number of carbonyl (C=O) groups is 1. The lowest BCUT2D eigenvalue weighted by Crippen LogP contribution is -2.16. The van der Waals surface area contributed by atoms with Crippen molar-refractivity contribution in [3.05, 3.63) is 22.4 Å². The lowest BCUT2D eigenvalue weighted by molar-refractivity contribution is -0.118. The molecule has 1 aromatic rings. The third-order valence-electron chi connectivity index (χ3n) is 1.83. The molecule has 1 atom stereocenters. The first-order valence-electron chi connectivity index (χ1n) is 4.48. The van der Waals surface area contributed by atoms with E-state index in [2.05, 4.69) is 0 Å². The highest BCUT2D eigenvalue weighted by Gasteiger charge is 2.05. The van der Waals surface area contributed by atoms with Gasteiger partial charge < -0.3 is 5.73 Å². The van der Waals surface area contributed by atoms with Crippen LogP contribution < -0.4 is 5.73 Å². The molecule has 2 nitrogen and oxygen atoms in total. The molecule has 1 rings (SSSR count). The third-order valence-corrected chi connectivity index (χ3v) is 2.71. The van der Waals surface area contributed by atoms with E-state index in [0.717, 1.165) is 11.3 Å². The first-order valence-corrected chi connectivity index (χ1v) is 5.36. The van der Waals surface area contributed by atoms with Crippen molar-refractivity contribution in [2.75, 3.05) is 0 Å². The zero-order valence-electron chi connectivity index (χ0n) is 7.82. The SMILES string of the molecule is CC(N)CCC(=O)Cc1cccs1. The number of hydrogen-bond acceptors (Lipinski definition) is 3. The van der Waals surface area contributed by atoms with Crippen LogP contribution in [-0.4, -0.2) is 11.8 Å². The van der Waals surface area contributed by atoms with Gasteiger partial charge in [-0.25, -0.2) is 0 Å². The van der Waals surface area contributed by atoms with Gasteiger partial charge in [0.05, 0.1) is 0 Å². The zero-order chi connectivity index (χ0) is 9.68. The number of hydrogen-bond donors (Lipinski definition) is 1. The number of thiophene rings is 1. The second-order valence-corrected chi connectivity index (χ2v) is 4.34. The molecule has 1 aromatic heterocycles. The van der Waals surface area contributed by atoms with Gasteiger partial charge >= 0.3 is 0 Å². The summed E-state index contributed by atoms with van der Waals surface area (Å²) in [5, 5.41) is 1.99. The molecule has 0 saturated carbocycles. The van der Waals surface area contributed by atoms with Crippen molar-refractivity contribution in [2.45, 2.75) is 32.2 Å². The van der Waals surface area contributed by atoms with Crippen LogP contribution in [0.25, 0.3) is 0 Å². The second kappa shape index (κ2) is 5.14. The predicted molar refractivity (Wildman–Crippen MR) is 55.9 cm³/mol. The molecule has 2 N–H and O–H groups in total. The molecule has 1 unspecified atom stereocenters. The van der Waals surface area contributed by atoms with Gasteiger partial charge in [-0.15, -0.1) is 11.3 Å². The summed E-state index contributed by atoms with van der Waals surface area (Å²) in [4.78, 5) is 12.5. The highest BCUT2D eigenvalue weighted by atomic mass is 32.1. The predicted octanol–water partition coefficient (Wildman–Crippen LogP) is 1.99. The number of Topliss-reactive ketones (excluding diaryl/α,β-unsaturated/α-hetero) is 1. The third kappa shape index (κ3) is 4.20. The molecule has 0 radical (unpaired) electrons. The molecule has 72 valence electrons. The second-order valence-electron chi connectivity index (χ2n) is 3.31. The fourth-order valence-electron chi connectivity index (χ4n) is 1.08. The number of carbonyl (C=O) groups excluding carboxylic acids is 1. The van der Waals surface area contributed by atoms with Crippen molar-refractivity contribution < 1.29 is 4.79 Å². The van der Waals surface area contributed by atoms with E-state index in [0.29, 0.717) is 18.6 Å². The van der Waals surface area contributed by atoms with Gasteiger partial charge in [0.1, 0.15) is 5.78 Å². The molecular weight excluding hydrogens is 182 g/mol. The van der Waals surface area contributed by atoms with Crippen LogP contribution in [-0.2, 0) is 11.2 Å². The molecule has 0 aromatic carbocycles. The number of ketones is 1. The van der Waals surface area contributed by atoms with Crippen LogP contribution in [0, 0.1) is 0 Å². The van der Waals surface area contributed by atoms with E-state index in [9.17, 15) is 4.79 Å². The van der Waals surface area contributed by atoms with Crippen LogP contribution in [0.3, 0.4) is 0 Å². The maximum Gasteiger partial charge on any atom is 0.138 e. The van der Waals surface area contributed by atoms with Crippen LogP contribution >= 0.6 is 11.3 Å². The molecule has 0 amide bonds. The molecule has 13 heavy (non-hydrogen) atoms. The van der Waals surface area contributed by atoms with E-state index in [4.69, 9.17) is 5.73 Å². The van der Waals surface area contributed by atoms with E-state index < -0.39 is 0 Å². The minimum atomic E-state index is 0.132. The fourth-order valence-corrected chi connectivity index (χ4v) is 1.82. The molecule has 0 aliphatic carbocycles.